The van der Waals surface area contributed by atoms with Crippen molar-refractivity contribution in [3.05, 3.63) is 0 Å². The lowest BCUT2D eigenvalue weighted by molar-refractivity contribution is 0.424. The highest BCUT2D eigenvalue weighted by molar-refractivity contribution is 7.80. The van der Waals surface area contributed by atoms with Crippen LogP contribution in [0.4, 0.5) is 0 Å². The van der Waals surface area contributed by atoms with Crippen LogP contribution in [0.15, 0.2) is 0 Å². The van der Waals surface area contributed by atoms with Gasteiger partial charge in [-0.3, -0.25) is 0 Å². The molecule has 3 heteroatoms. The summed E-state index contributed by atoms with van der Waals surface area (Å²) in [5, 5.41) is 6.88. The van der Waals surface area contributed by atoms with Gasteiger partial charge in [0.25, 0.3) is 0 Å². The van der Waals surface area contributed by atoms with Crippen LogP contribution >= 0.6 is 12.6 Å². The Morgan fingerprint density at radius 3 is 2.50 bits per heavy atom. The van der Waals surface area contributed by atoms with E-state index >= 15 is 0 Å². The highest BCUT2D eigenvalue weighted by Gasteiger charge is 2.11. The SMILES string of the molecule is CC1CNC(S)CN1. The van der Waals surface area contributed by atoms with Gasteiger partial charge in [0.05, 0.1) is 5.37 Å². The molecule has 0 amide bonds. The molecule has 0 spiro atoms. The molecule has 2 nitrogen and oxygen atoms in total. The standard InChI is InChI=1S/C5H12N2S/c1-4-2-7-5(8)3-6-4/h4-8H,2-3H2,1H3. The minimum Gasteiger partial charge on any atom is -0.311 e. The van der Waals surface area contributed by atoms with Crippen LogP contribution in [0, 0.1) is 0 Å². The molecule has 1 saturated heterocycles. The van der Waals surface area contributed by atoms with Gasteiger partial charge in [0.2, 0.25) is 0 Å². The van der Waals surface area contributed by atoms with Crippen LogP contribution < -0.4 is 10.6 Å². The second-order valence-electron chi connectivity index (χ2n) is 2.23. The van der Waals surface area contributed by atoms with Crippen LogP contribution in [-0.2, 0) is 0 Å². The first kappa shape index (κ1) is 6.39. The number of nitrogens with one attached hydrogen (secondary N) is 2. The summed E-state index contributed by atoms with van der Waals surface area (Å²) >= 11 is 4.23. The highest BCUT2D eigenvalue weighted by atomic mass is 32.1. The van der Waals surface area contributed by atoms with E-state index in [1.807, 2.05) is 0 Å². The van der Waals surface area contributed by atoms with E-state index in [-0.39, 0.29) is 0 Å². The van der Waals surface area contributed by atoms with Crippen molar-refractivity contribution in [2.24, 2.45) is 0 Å². The Kier molecular flexibility index (Phi) is 2.16. The number of rotatable bonds is 0. The lowest BCUT2D eigenvalue weighted by atomic mass is 10.3. The van der Waals surface area contributed by atoms with Crippen molar-refractivity contribution in [1.29, 1.82) is 0 Å². The van der Waals surface area contributed by atoms with Gasteiger partial charge >= 0.3 is 0 Å². The highest BCUT2D eigenvalue weighted by Crippen LogP contribution is 1.94. The summed E-state index contributed by atoms with van der Waals surface area (Å²) in [6.07, 6.45) is 0. The van der Waals surface area contributed by atoms with Crippen LogP contribution in [0.5, 0.6) is 0 Å². The van der Waals surface area contributed by atoms with E-state index in [1.54, 1.807) is 0 Å². The van der Waals surface area contributed by atoms with Crippen LogP contribution in [0.1, 0.15) is 6.92 Å². The molecule has 0 bridgehead atoms. The zero-order valence-corrected chi connectivity index (χ0v) is 5.91. The first-order valence-electron chi connectivity index (χ1n) is 2.94. The summed E-state index contributed by atoms with van der Waals surface area (Å²) in [4.78, 5) is 0. The summed E-state index contributed by atoms with van der Waals surface area (Å²) < 4.78 is 0. The van der Waals surface area contributed by atoms with Crippen molar-refractivity contribution in [2.75, 3.05) is 13.1 Å². The van der Waals surface area contributed by atoms with E-state index < -0.39 is 0 Å². The quantitative estimate of drug-likeness (QED) is 0.398. The molecule has 0 aromatic heterocycles. The van der Waals surface area contributed by atoms with Gasteiger partial charge in [0.15, 0.2) is 0 Å². The molecule has 0 aromatic carbocycles. The fraction of sp³-hybridized carbons (Fsp3) is 1.00. The third kappa shape index (κ3) is 1.65. The monoisotopic (exact) mass is 132 g/mol. The van der Waals surface area contributed by atoms with Gasteiger partial charge in [0, 0.05) is 19.1 Å². The molecular formula is C5H12N2S. The van der Waals surface area contributed by atoms with Crippen LogP contribution in [-0.4, -0.2) is 24.5 Å². The topological polar surface area (TPSA) is 24.1 Å². The predicted octanol–water partition coefficient (Wildman–Crippen LogP) is -0.176. The van der Waals surface area contributed by atoms with Gasteiger partial charge in [-0.05, 0) is 6.92 Å². The lowest BCUT2D eigenvalue weighted by Crippen LogP contribution is -2.50. The summed E-state index contributed by atoms with van der Waals surface area (Å²) in [7, 11) is 0. The van der Waals surface area contributed by atoms with Gasteiger partial charge in [0.1, 0.15) is 0 Å². The van der Waals surface area contributed by atoms with Crippen molar-refractivity contribution in [3.63, 3.8) is 0 Å². The van der Waals surface area contributed by atoms with E-state index in [0.29, 0.717) is 11.4 Å². The van der Waals surface area contributed by atoms with Crippen LogP contribution in [0.2, 0.25) is 0 Å². The summed E-state index contributed by atoms with van der Waals surface area (Å²) in [5.41, 5.74) is 0. The lowest BCUT2D eigenvalue weighted by Gasteiger charge is -2.25. The van der Waals surface area contributed by atoms with Crippen molar-refractivity contribution >= 4 is 12.6 Å². The first-order valence-corrected chi connectivity index (χ1v) is 3.45. The molecular weight excluding hydrogens is 120 g/mol. The van der Waals surface area contributed by atoms with Crippen molar-refractivity contribution in [2.45, 2.75) is 18.3 Å². The largest absolute Gasteiger partial charge is 0.311 e. The fourth-order valence-corrected chi connectivity index (χ4v) is 0.981. The normalized spacial score (nSPS) is 39.8. The van der Waals surface area contributed by atoms with Gasteiger partial charge in [-0.1, -0.05) is 0 Å². The molecule has 0 saturated carbocycles. The minimum atomic E-state index is 0.353. The maximum Gasteiger partial charge on any atom is 0.0629 e. The second kappa shape index (κ2) is 2.71. The van der Waals surface area contributed by atoms with Crippen molar-refractivity contribution in [1.82, 2.24) is 10.6 Å². The number of hydrogen-bond acceptors (Lipinski definition) is 3. The fourth-order valence-electron chi connectivity index (χ4n) is 0.770. The molecule has 0 aromatic rings. The minimum absolute atomic E-state index is 0.353. The number of hydrogen-bond donors (Lipinski definition) is 3. The van der Waals surface area contributed by atoms with E-state index in [9.17, 15) is 0 Å². The third-order valence-electron chi connectivity index (χ3n) is 1.32. The first-order chi connectivity index (χ1) is 3.79. The molecule has 2 N–H and O–H groups in total. The number of piperazine rings is 1. The van der Waals surface area contributed by atoms with E-state index in [1.165, 1.54) is 0 Å². The zero-order chi connectivity index (χ0) is 5.98. The maximum absolute atomic E-state index is 4.23. The molecule has 48 valence electrons. The Bertz CT molecular complexity index is 58.8. The molecule has 1 fully saturated rings. The average molecular weight is 132 g/mol. The molecule has 1 aliphatic heterocycles. The molecule has 1 heterocycles. The van der Waals surface area contributed by atoms with E-state index in [4.69, 9.17) is 0 Å². The summed E-state index contributed by atoms with van der Waals surface area (Å²) in [6, 6.07) is 0.610. The maximum atomic E-state index is 4.23. The third-order valence-corrected chi connectivity index (χ3v) is 1.68. The van der Waals surface area contributed by atoms with Gasteiger partial charge in [-0.15, -0.1) is 0 Å². The predicted molar refractivity (Wildman–Crippen MR) is 38.2 cm³/mol. The van der Waals surface area contributed by atoms with Gasteiger partial charge < -0.3 is 10.6 Å². The Hall–Kier alpha value is 0.270. The second-order valence-corrected chi connectivity index (χ2v) is 2.86. The molecule has 1 rings (SSSR count). The summed E-state index contributed by atoms with van der Waals surface area (Å²) in [6.45, 7) is 4.17. The summed E-state index contributed by atoms with van der Waals surface area (Å²) in [5.74, 6) is 0. The smallest absolute Gasteiger partial charge is 0.0629 e. The van der Waals surface area contributed by atoms with E-state index in [0.717, 1.165) is 13.1 Å². The zero-order valence-electron chi connectivity index (χ0n) is 5.02. The Balaban J connectivity index is 2.19. The van der Waals surface area contributed by atoms with Crippen molar-refractivity contribution < 1.29 is 0 Å². The molecule has 2 unspecified atom stereocenters. The van der Waals surface area contributed by atoms with Gasteiger partial charge in [-0.2, -0.15) is 12.6 Å². The number of thiol groups is 1. The van der Waals surface area contributed by atoms with Gasteiger partial charge in [-0.25, -0.2) is 0 Å². The molecule has 8 heavy (non-hydrogen) atoms. The molecule has 1 aliphatic rings. The Morgan fingerprint density at radius 1 is 1.38 bits per heavy atom. The van der Waals surface area contributed by atoms with E-state index in [2.05, 4.69) is 30.2 Å². The average Bonchev–Trinajstić information content (AvgIpc) is 1.77. The Morgan fingerprint density at radius 2 is 2.12 bits per heavy atom. The van der Waals surface area contributed by atoms with Crippen molar-refractivity contribution in [3.8, 4) is 0 Å². The molecule has 2 atom stereocenters. The Labute approximate surface area is 55.4 Å². The van der Waals surface area contributed by atoms with Crippen LogP contribution in [0.25, 0.3) is 0 Å². The van der Waals surface area contributed by atoms with Crippen LogP contribution in [0.3, 0.4) is 0 Å². The molecule has 0 aliphatic carbocycles. The molecule has 0 radical (unpaired) electrons.